The molecule has 1 N–H and O–H groups in total. The van der Waals surface area contributed by atoms with Crippen LogP contribution < -0.4 is 19.7 Å². The maximum atomic E-state index is 12.7. The SMILES string of the molecule is C[C@@H]1COc2cn3ncc4c3nc2N1Cc1ccc(Cl)cc1O[C@@H](C)CNC4=O. The highest BCUT2D eigenvalue weighted by molar-refractivity contribution is 6.30. The summed E-state index contributed by atoms with van der Waals surface area (Å²) >= 11 is 6.22. The van der Waals surface area contributed by atoms with E-state index in [2.05, 4.69) is 22.2 Å². The number of benzene rings is 1. The summed E-state index contributed by atoms with van der Waals surface area (Å²) in [6.45, 7) is 5.43. The Morgan fingerprint density at radius 3 is 3.00 bits per heavy atom. The zero-order valence-corrected chi connectivity index (χ0v) is 16.8. The number of halogens is 1. The number of nitrogens with zero attached hydrogens (tertiary/aromatic N) is 4. The van der Waals surface area contributed by atoms with E-state index in [1.807, 2.05) is 25.1 Å². The van der Waals surface area contributed by atoms with Crippen LogP contribution in [0.2, 0.25) is 5.02 Å². The number of fused-ring (bicyclic) bond motifs is 1. The molecule has 2 aromatic heterocycles. The van der Waals surface area contributed by atoms with Gasteiger partial charge in [0.1, 0.15) is 24.0 Å². The molecule has 0 fully saturated rings. The molecular formula is C20H20ClN5O3. The number of hydrogen-bond acceptors (Lipinski definition) is 6. The first kappa shape index (κ1) is 18.1. The number of rotatable bonds is 0. The van der Waals surface area contributed by atoms with Gasteiger partial charge in [-0.1, -0.05) is 17.7 Å². The molecule has 0 unspecified atom stereocenters. The smallest absolute Gasteiger partial charge is 0.256 e. The highest BCUT2D eigenvalue weighted by atomic mass is 35.5. The van der Waals surface area contributed by atoms with Crippen LogP contribution in [-0.2, 0) is 6.54 Å². The standard InChI is InChI=1S/C20H20ClN5O3/c1-11-10-28-17-9-26-18-15(7-23-26)20(27)22-6-12(2)29-16-5-14(21)4-3-13(16)8-25(11)19(17)24-18/h3-5,7,9,11-12H,6,8,10H2,1-2H3,(H,22,27)/t11-,12+/m1/s1. The highest BCUT2D eigenvalue weighted by Crippen LogP contribution is 2.36. The van der Waals surface area contributed by atoms with Crippen molar-refractivity contribution in [2.45, 2.75) is 32.5 Å². The van der Waals surface area contributed by atoms with Gasteiger partial charge in [-0.3, -0.25) is 4.79 Å². The average molecular weight is 414 g/mol. The number of aromatic nitrogens is 3. The van der Waals surface area contributed by atoms with Gasteiger partial charge in [0.2, 0.25) is 0 Å². The third-order valence-electron chi connectivity index (χ3n) is 5.22. The second-order valence-corrected chi connectivity index (χ2v) is 7.87. The van der Waals surface area contributed by atoms with E-state index >= 15 is 0 Å². The largest absolute Gasteiger partial charge is 0.488 e. The Kier molecular flexibility index (Phi) is 4.24. The average Bonchev–Trinajstić information content (AvgIpc) is 3.11. The monoisotopic (exact) mass is 413 g/mol. The number of nitrogens with one attached hydrogen (secondary N) is 1. The van der Waals surface area contributed by atoms with E-state index in [4.69, 9.17) is 26.1 Å². The first-order valence-corrected chi connectivity index (χ1v) is 9.88. The molecule has 9 heteroatoms. The number of anilines is 1. The van der Waals surface area contributed by atoms with Crippen LogP contribution in [0, 0.1) is 0 Å². The molecule has 0 aliphatic carbocycles. The minimum Gasteiger partial charge on any atom is -0.488 e. The molecule has 3 aromatic rings. The van der Waals surface area contributed by atoms with Crippen LogP contribution in [0.15, 0.2) is 30.6 Å². The Hall–Kier alpha value is -3.00. The molecule has 1 aromatic carbocycles. The van der Waals surface area contributed by atoms with Gasteiger partial charge in [-0.25, -0.2) is 9.50 Å². The van der Waals surface area contributed by atoms with Gasteiger partial charge in [-0.15, -0.1) is 0 Å². The van der Waals surface area contributed by atoms with Crippen molar-refractivity contribution in [2.75, 3.05) is 18.1 Å². The Morgan fingerprint density at radius 1 is 1.28 bits per heavy atom. The van der Waals surface area contributed by atoms with Crippen LogP contribution >= 0.6 is 11.6 Å². The number of hydrogen-bond donors (Lipinski definition) is 1. The summed E-state index contributed by atoms with van der Waals surface area (Å²) in [6, 6.07) is 5.72. The zero-order valence-electron chi connectivity index (χ0n) is 16.1. The van der Waals surface area contributed by atoms with E-state index in [1.165, 1.54) is 6.20 Å². The van der Waals surface area contributed by atoms with Gasteiger partial charge in [0.25, 0.3) is 5.91 Å². The lowest BCUT2D eigenvalue weighted by Crippen LogP contribution is -2.41. The lowest BCUT2D eigenvalue weighted by molar-refractivity contribution is 0.0933. The van der Waals surface area contributed by atoms with Gasteiger partial charge in [0.15, 0.2) is 17.2 Å². The molecule has 2 aliphatic heterocycles. The minimum atomic E-state index is -0.246. The Morgan fingerprint density at radius 2 is 2.14 bits per heavy atom. The fraction of sp³-hybridized carbons (Fsp3) is 0.350. The number of carbonyl (C=O) groups excluding carboxylic acids is 1. The number of carbonyl (C=O) groups is 1. The molecule has 0 spiro atoms. The number of amides is 1. The fourth-order valence-corrected chi connectivity index (χ4v) is 3.80. The highest BCUT2D eigenvalue weighted by Gasteiger charge is 2.29. The zero-order chi connectivity index (χ0) is 20.1. The van der Waals surface area contributed by atoms with Crippen LogP contribution in [0.25, 0.3) is 5.65 Å². The molecule has 1 amide bonds. The Balaban J connectivity index is 1.69. The predicted molar refractivity (Wildman–Crippen MR) is 108 cm³/mol. The van der Waals surface area contributed by atoms with Crippen LogP contribution in [0.1, 0.15) is 29.8 Å². The van der Waals surface area contributed by atoms with Gasteiger partial charge in [0.05, 0.1) is 25.0 Å². The second kappa shape index (κ2) is 6.81. The van der Waals surface area contributed by atoms with Gasteiger partial charge in [0, 0.05) is 17.1 Å². The molecule has 2 atom stereocenters. The van der Waals surface area contributed by atoms with Crippen LogP contribution in [0.5, 0.6) is 11.5 Å². The first-order chi connectivity index (χ1) is 14.0. The van der Waals surface area contributed by atoms with Crippen molar-refractivity contribution in [1.82, 2.24) is 19.9 Å². The molecule has 5 rings (SSSR count). The van der Waals surface area contributed by atoms with Gasteiger partial charge < -0.3 is 19.7 Å². The third kappa shape index (κ3) is 3.13. The third-order valence-corrected chi connectivity index (χ3v) is 5.45. The van der Waals surface area contributed by atoms with E-state index in [-0.39, 0.29) is 18.1 Å². The molecule has 8 nitrogen and oxygen atoms in total. The minimum absolute atomic E-state index is 0.0868. The van der Waals surface area contributed by atoms with Gasteiger partial charge in [-0.05, 0) is 26.0 Å². The van der Waals surface area contributed by atoms with E-state index in [0.717, 1.165) is 5.56 Å². The van der Waals surface area contributed by atoms with Gasteiger partial charge >= 0.3 is 0 Å². The molecular weight excluding hydrogens is 394 g/mol. The normalized spacial score (nSPS) is 21.3. The summed E-state index contributed by atoms with van der Waals surface area (Å²) in [6.07, 6.45) is 3.06. The predicted octanol–water partition coefficient (Wildman–Crippen LogP) is 2.68. The molecule has 150 valence electrons. The first-order valence-electron chi connectivity index (χ1n) is 9.50. The van der Waals surface area contributed by atoms with Crippen molar-refractivity contribution in [1.29, 1.82) is 0 Å². The molecule has 29 heavy (non-hydrogen) atoms. The number of ether oxygens (including phenoxy) is 2. The summed E-state index contributed by atoms with van der Waals surface area (Å²) in [7, 11) is 0. The van der Waals surface area contributed by atoms with Crippen LogP contribution in [0.4, 0.5) is 5.82 Å². The lowest BCUT2D eigenvalue weighted by Gasteiger charge is -2.36. The molecule has 4 heterocycles. The fourth-order valence-electron chi connectivity index (χ4n) is 3.64. The summed E-state index contributed by atoms with van der Waals surface area (Å²) < 4.78 is 13.6. The maximum absolute atomic E-state index is 12.7. The maximum Gasteiger partial charge on any atom is 0.256 e. The van der Waals surface area contributed by atoms with Crippen molar-refractivity contribution in [3.05, 3.63) is 46.7 Å². The van der Waals surface area contributed by atoms with Gasteiger partial charge in [-0.2, -0.15) is 5.10 Å². The molecule has 2 aliphatic rings. The van der Waals surface area contributed by atoms with Crippen LogP contribution in [-0.4, -0.2) is 45.8 Å². The Bertz CT molecular complexity index is 1110. The van der Waals surface area contributed by atoms with Crippen molar-refractivity contribution in [2.24, 2.45) is 0 Å². The summed E-state index contributed by atoms with van der Waals surface area (Å²) in [4.78, 5) is 19.7. The molecule has 0 saturated heterocycles. The summed E-state index contributed by atoms with van der Waals surface area (Å²) in [5.74, 6) is 1.76. The molecule has 2 bridgehead atoms. The van der Waals surface area contributed by atoms with Crippen LogP contribution in [0.3, 0.4) is 0 Å². The second-order valence-electron chi connectivity index (χ2n) is 7.43. The quantitative estimate of drug-likeness (QED) is 0.610. The van der Waals surface area contributed by atoms with E-state index in [9.17, 15) is 4.79 Å². The summed E-state index contributed by atoms with van der Waals surface area (Å²) in [5.41, 5.74) is 1.90. The topological polar surface area (TPSA) is 81.0 Å². The van der Waals surface area contributed by atoms with E-state index in [0.29, 0.717) is 53.2 Å². The molecule has 0 radical (unpaired) electrons. The van der Waals surface area contributed by atoms with Crippen molar-refractivity contribution in [3.8, 4) is 11.5 Å². The van der Waals surface area contributed by atoms with Crippen molar-refractivity contribution < 1.29 is 14.3 Å². The van der Waals surface area contributed by atoms with Crippen molar-refractivity contribution in [3.63, 3.8) is 0 Å². The van der Waals surface area contributed by atoms with E-state index < -0.39 is 0 Å². The Labute approximate surface area is 172 Å². The van der Waals surface area contributed by atoms with Crippen molar-refractivity contribution >= 4 is 29.0 Å². The molecule has 0 saturated carbocycles. The van der Waals surface area contributed by atoms with E-state index in [1.54, 1.807) is 10.7 Å². The lowest BCUT2D eigenvalue weighted by atomic mass is 10.1. The summed E-state index contributed by atoms with van der Waals surface area (Å²) in [5, 5.41) is 7.77.